The zero-order valence-corrected chi connectivity index (χ0v) is 14.6. The molecular weight excluding hydrogens is 352 g/mol. The summed E-state index contributed by atoms with van der Waals surface area (Å²) >= 11 is 0. The summed E-state index contributed by atoms with van der Waals surface area (Å²) in [4.78, 5) is 19.9. The maximum atomic E-state index is 13.4. The first-order valence-corrected chi connectivity index (χ1v) is 8.84. The number of rotatable bonds is 3. The molecule has 27 heavy (non-hydrogen) atoms. The lowest BCUT2D eigenvalue weighted by atomic mass is 9.95. The molecule has 7 heteroatoms. The van der Waals surface area contributed by atoms with Crippen molar-refractivity contribution in [3.63, 3.8) is 0 Å². The molecule has 5 nitrogen and oxygen atoms in total. The predicted molar refractivity (Wildman–Crippen MR) is 96.2 cm³/mol. The van der Waals surface area contributed by atoms with Crippen LogP contribution in [0.5, 0.6) is 0 Å². The van der Waals surface area contributed by atoms with Gasteiger partial charge in [-0.25, -0.2) is 13.8 Å². The summed E-state index contributed by atoms with van der Waals surface area (Å²) in [5, 5.41) is 1.78. The number of hydrogen-bond acceptors (Lipinski definition) is 4. The lowest BCUT2D eigenvalue weighted by Gasteiger charge is -2.32. The second-order valence-corrected chi connectivity index (χ2v) is 6.65. The monoisotopic (exact) mass is 371 g/mol. The van der Waals surface area contributed by atoms with E-state index >= 15 is 0 Å². The number of hydrogen-bond donors (Lipinski definition) is 1. The maximum absolute atomic E-state index is 13.4. The summed E-state index contributed by atoms with van der Waals surface area (Å²) in [6.45, 7) is 1.05. The molecular formula is C20H19F2N3O2. The van der Waals surface area contributed by atoms with Crippen molar-refractivity contribution in [1.82, 2.24) is 10.5 Å². The van der Waals surface area contributed by atoms with Gasteiger partial charge < -0.3 is 9.74 Å². The summed E-state index contributed by atoms with van der Waals surface area (Å²) < 4.78 is 26.6. The molecule has 1 saturated heterocycles. The van der Waals surface area contributed by atoms with E-state index in [1.165, 1.54) is 6.07 Å². The molecule has 0 spiro atoms. The molecule has 0 unspecified atom stereocenters. The van der Waals surface area contributed by atoms with Crippen LogP contribution in [0.4, 0.5) is 14.5 Å². The van der Waals surface area contributed by atoms with Gasteiger partial charge in [0.1, 0.15) is 5.76 Å². The molecule has 2 heterocycles. The van der Waals surface area contributed by atoms with Crippen LogP contribution in [-0.4, -0.2) is 23.9 Å². The summed E-state index contributed by atoms with van der Waals surface area (Å²) in [5.74, 6) is -1.49. The van der Waals surface area contributed by atoms with Gasteiger partial charge >= 0.3 is 0 Å². The second-order valence-electron chi connectivity index (χ2n) is 6.65. The Labute approximate surface area is 155 Å². The molecule has 1 fully saturated rings. The maximum Gasteiger partial charge on any atom is 0.253 e. The van der Waals surface area contributed by atoms with E-state index in [1.807, 2.05) is 36.5 Å². The fourth-order valence-corrected chi connectivity index (χ4v) is 3.39. The quantitative estimate of drug-likeness (QED) is 0.895. The largest absolute Gasteiger partial charge is 0.391 e. The molecule has 1 atom stereocenters. The van der Waals surface area contributed by atoms with Crippen molar-refractivity contribution in [2.24, 2.45) is 5.92 Å². The zero-order chi connectivity index (χ0) is 18.8. The lowest BCUT2D eigenvalue weighted by molar-refractivity contribution is 0.0577. The van der Waals surface area contributed by atoms with Gasteiger partial charge in [-0.15, -0.1) is 0 Å². The Kier molecular flexibility index (Phi) is 4.77. The van der Waals surface area contributed by atoms with E-state index in [0.29, 0.717) is 13.1 Å². The summed E-state index contributed by atoms with van der Waals surface area (Å²) in [6, 6.07) is 13.0. The van der Waals surface area contributed by atoms with Gasteiger partial charge in [-0.05, 0) is 43.2 Å². The fourth-order valence-electron chi connectivity index (χ4n) is 3.39. The van der Waals surface area contributed by atoms with Gasteiger partial charge in [0.15, 0.2) is 11.6 Å². The Balaban J connectivity index is 1.46. The Morgan fingerprint density at radius 2 is 1.93 bits per heavy atom. The van der Waals surface area contributed by atoms with Gasteiger partial charge in [-0.3, -0.25) is 4.79 Å². The fraction of sp³-hybridized carbons (Fsp3) is 0.250. The van der Waals surface area contributed by atoms with Crippen molar-refractivity contribution in [3.05, 3.63) is 77.7 Å². The van der Waals surface area contributed by atoms with E-state index in [4.69, 9.17) is 4.84 Å². The molecule has 140 valence electrons. The minimum Gasteiger partial charge on any atom is -0.391 e. The van der Waals surface area contributed by atoms with Crippen LogP contribution < -0.4 is 10.6 Å². The van der Waals surface area contributed by atoms with Gasteiger partial charge in [0, 0.05) is 24.6 Å². The van der Waals surface area contributed by atoms with Gasteiger partial charge in [0.05, 0.1) is 11.9 Å². The van der Waals surface area contributed by atoms with E-state index in [9.17, 15) is 13.6 Å². The van der Waals surface area contributed by atoms with Crippen LogP contribution in [-0.2, 0) is 4.84 Å². The van der Waals surface area contributed by atoms with Crippen LogP contribution in [0, 0.1) is 17.6 Å². The van der Waals surface area contributed by atoms with Crippen molar-refractivity contribution >= 4 is 11.6 Å². The van der Waals surface area contributed by atoms with Gasteiger partial charge in [0.25, 0.3) is 5.91 Å². The number of halogens is 2. The molecule has 0 saturated carbocycles. The molecule has 0 aromatic heterocycles. The first kappa shape index (κ1) is 17.5. The number of nitrogens with one attached hydrogen (secondary N) is 1. The Bertz CT molecular complexity index is 873. The SMILES string of the molecule is O=C(c1ccc(F)c(F)c1)N1CCC[C@H](C2=CN(c3ccccc3)NO2)C1. The lowest BCUT2D eigenvalue weighted by Crippen LogP contribution is -2.40. The van der Waals surface area contributed by atoms with Crippen LogP contribution in [0.2, 0.25) is 0 Å². The average molecular weight is 371 g/mol. The summed E-state index contributed by atoms with van der Waals surface area (Å²) in [5.41, 5.74) is 3.95. The normalized spacial score (nSPS) is 19.6. The smallest absolute Gasteiger partial charge is 0.253 e. The van der Waals surface area contributed by atoms with E-state index in [1.54, 1.807) is 9.91 Å². The van der Waals surface area contributed by atoms with Crippen molar-refractivity contribution in [3.8, 4) is 0 Å². The third kappa shape index (κ3) is 3.64. The highest BCUT2D eigenvalue weighted by Crippen LogP contribution is 2.29. The minimum atomic E-state index is -1.01. The predicted octanol–water partition coefficient (Wildman–Crippen LogP) is 3.61. The molecule has 2 aromatic rings. The van der Waals surface area contributed by atoms with Crippen molar-refractivity contribution in [2.75, 3.05) is 18.1 Å². The number of amides is 1. The number of nitrogens with zero attached hydrogens (tertiary/aromatic N) is 2. The summed E-state index contributed by atoms with van der Waals surface area (Å²) in [7, 11) is 0. The van der Waals surface area contributed by atoms with Gasteiger partial charge in [0.2, 0.25) is 0 Å². The number of piperidine rings is 1. The topological polar surface area (TPSA) is 44.8 Å². The highest BCUT2D eigenvalue weighted by atomic mass is 19.2. The zero-order valence-electron chi connectivity index (χ0n) is 14.6. The molecule has 0 bridgehead atoms. The highest BCUT2D eigenvalue weighted by molar-refractivity contribution is 5.94. The third-order valence-electron chi connectivity index (χ3n) is 4.83. The van der Waals surface area contributed by atoms with Crippen LogP contribution in [0.3, 0.4) is 0 Å². The molecule has 0 aliphatic carbocycles. The second kappa shape index (κ2) is 7.36. The summed E-state index contributed by atoms with van der Waals surface area (Å²) in [6.07, 6.45) is 3.58. The molecule has 2 aliphatic heterocycles. The minimum absolute atomic E-state index is 0.0363. The number of benzene rings is 2. The standard InChI is InChI=1S/C20H19F2N3O2/c21-17-9-8-14(11-18(17)22)20(26)24-10-4-5-15(12-24)19-13-25(23-27-19)16-6-2-1-3-7-16/h1-3,6-9,11,13,15,23H,4-5,10,12H2/t15-/m0/s1. The van der Waals surface area contributed by atoms with Crippen molar-refractivity contribution in [1.29, 1.82) is 0 Å². The number of anilines is 1. The molecule has 2 aromatic carbocycles. The van der Waals surface area contributed by atoms with E-state index in [0.717, 1.165) is 36.4 Å². The number of hydrazine groups is 1. The van der Waals surface area contributed by atoms with Gasteiger partial charge in [-0.2, -0.15) is 0 Å². The first-order chi connectivity index (χ1) is 13.1. The van der Waals surface area contributed by atoms with Crippen LogP contribution >= 0.6 is 0 Å². The van der Waals surface area contributed by atoms with E-state index < -0.39 is 11.6 Å². The van der Waals surface area contributed by atoms with Crippen LogP contribution in [0.1, 0.15) is 23.2 Å². The van der Waals surface area contributed by atoms with Crippen molar-refractivity contribution in [2.45, 2.75) is 12.8 Å². The van der Waals surface area contributed by atoms with E-state index in [-0.39, 0.29) is 17.4 Å². The Morgan fingerprint density at radius 3 is 2.70 bits per heavy atom. The number of likely N-dealkylation sites (tertiary alicyclic amines) is 1. The molecule has 1 N–H and O–H groups in total. The van der Waals surface area contributed by atoms with Gasteiger partial charge in [-0.1, -0.05) is 23.8 Å². The number of para-hydroxylation sites is 1. The molecule has 1 amide bonds. The van der Waals surface area contributed by atoms with Crippen molar-refractivity contribution < 1.29 is 18.4 Å². The van der Waals surface area contributed by atoms with Crippen LogP contribution in [0.25, 0.3) is 0 Å². The molecule has 0 radical (unpaired) electrons. The van der Waals surface area contributed by atoms with Crippen LogP contribution in [0.15, 0.2) is 60.5 Å². The Morgan fingerprint density at radius 1 is 1.11 bits per heavy atom. The average Bonchev–Trinajstić information content (AvgIpc) is 3.21. The molecule has 2 aliphatic rings. The Hall–Kier alpha value is -2.93. The highest BCUT2D eigenvalue weighted by Gasteiger charge is 2.31. The van der Waals surface area contributed by atoms with E-state index in [2.05, 4.69) is 5.59 Å². The molecule has 4 rings (SSSR count). The first-order valence-electron chi connectivity index (χ1n) is 8.84. The third-order valence-corrected chi connectivity index (χ3v) is 4.83. The number of carbonyl (C=O) groups excluding carboxylic acids is 1. The number of carbonyl (C=O) groups is 1.